The summed E-state index contributed by atoms with van der Waals surface area (Å²) in [5.74, 6) is 2.41. The van der Waals surface area contributed by atoms with Crippen LogP contribution in [0, 0.1) is 11.3 Å². The molecule has 3 unspecified atom stereocenters. The van der Waals surface area contributed by atoms with Crippen molar-refractivity contribution in [3.05, 3.63) is 72.1 Å². The minimum atomic E-state index is -0.552. The molecule has 4 N–H and O–H groups in total. The topological polar surface area (TPSA) is 126 Å². The Bertz CT molecular complexity index is 1310. The second-order valence-corrected chi connectivity index (χ2v) is 10.6. The van der Waals surface area contributed by atoms with Crippen molar-refractivity contribution < 1.29 is 14.3 Å². The van der Waals surface area contributed by atoms with Gasteiger partial charge in [0.25, 0.3) is 0 Å². The highest BCUT2D eigenvalue weighted by Crippen LogP contribution is 2.40. The standard InChI is InChI=1S/C28H32N6O3/c1-28(2,3)37-27(35)34-15-17-12-21(22(34)13-17)33-26-23(25(30)31-16-32-26)24(29)18-8-7-11-20(14-18)36-19-9-5-4-6-10-19/h4-11,14,16-17,21-22,29H,12-13,15H2,1-3H3,(H3,30,31,32,33). The molecule has 2 aliphatic rings. The van der Waals surface area contributed by atoms with Gasteiger partial charge < -0.3 is 25.4 Å². The molecule has 0 spiro atoms. The van der Waals surface area contributed by atoms with Crippen LogP contribution in [0.25, 0.3) is 0 Å². The third-order valence-electron chi connectivity index (χ3n) is 6.66. The number of nitrogens with one attached hydrogen (secondary N) is 2. The van der Waals surface area contributed by atoms with Gasteiger partial charge in [-0.15, -0.1) is 0 Å². The Kier molecular flexibility index (Phi) is 6.45. The molecule has 3 atom stereocenters. The van der Waals surface area contributed by atoms with Gasteiger partial charge in [0.15, 0.2) is 0 Å². The molecular formula is C28H32N6O3. The summed E-state index contributed by atoms with van der Waals surface area (Å²) in [7, 11) is 0. The summed E-state index contributed by atoms with van der Waals surface area (Å²) < 4.78 is 11.6. The molecule has 192 valence electrons. The number of nitrogens with two attached hydrogens (primary N) is 1. The maximum atomic E-state index is 12.8. The average molecular weight is 501 g/mol. The number of hydrogen-bond donors (Lipinski definition) is 3. The van der Waals surface area contributed by atoms with Gasteiger partial charge in [0.05, 0.1) is 17.3 Å². The number of nitrogen functional groups attached to an aromatic ring is 1. The first-order valence-corrected chi connectivity index (χ1v) is 12.5. The summed E-state index contributed by atoms with van der Waals surface area (Å²) in [6, 6.07) is 16.7. The normalized spacial score (nSPS) is 20.5. The third-order valence-corrected chi connectivity index (χ3v) is 6.66. The van der Waals surface area contributed by atoms with Gasteiger partial charge in [-0.25, -0.2) is 14.8 Å². The summed E-state index contributed by atoms with van der Waals surface area (Å²) in [6.45, 7) is 6.31. The van der Waals surface area contributed by atoms with Crippen molar-refractivity contribution in [3.8, 4) is 11.5 Å². The van der Waals surface area contributed by atoms with Crippen molar-refractivity contribution >= 4 is 23.4 Å². The number of hydrogen-bond acceptors (Lipinski definition) is 8. The molecule has 1 aliphatic heterocycles. The van der Waals surface area contributed by atoms with Crippen LogP contribution in [0.3, 0.4) is 0 Å². The van der Waals surface area contributed by atoms with Crippen LogP contribution in [-0.2, 0) is 4.74 Å². The van der Waals surface area contributed by atoms with Crippen LogP contribution in [0.4, 0.5) is 16.4 Å². The first-order valence-electron chi connectivity index (χ1n) is 12.5. The number of para-hydroxylation sites is 1. The van der Waals surface area contributed by atoms with E-state index in [1.165, 1.54) is 6.33 Å². The van der Waals surface area contributed by atoms with E-state index in [2.05, 4.69) is 15.3 Å². The number of aromatic nitrogens is 2. The van der Waals surface area contributed by atoms with Gasteiger partial charge in [0.1, 0.15) is 35.1 Å². The Balaban J connectivity index is 1.36. The average Bonchev–Trinajstić information content (AvgIpc) is 3.45. The number of carbonyl (C=O) groups is 1. The zero-order valence-corrected chi connectivity index (χ0v) is 21.3. The van der Waals surface area contributed by atoms with Gasteiger partial charge in [-0.2, -0.15) is 0 Å². The molecule has 2 bridgehead atoms. The molecule has 0 radical (unpaired) electrons. The molecule has 1 saturated carbocycles. The van der Waals surface area contributed by atoms with Crippen molar-refractivity contribution in [2.24, 2.45) is 5.92 Å². The minimum Gasteiger partial charge on any atom is -0.457 e. The lowest BCUT2D eigenvalue weighted by molar-refractivity contribution is 0.0179. The lowest BCUT2D eigenvalue weighted by Crippen LogP contribution is -2.49. The zero-order chi connectivity index (χ0) is 26.2. The van der Waals surface area contributed by atoms with Gasteiger partial charge in [-0.3, -0.25) is 5.41 Å². The third kappa shape index (κ3) is 5.35. The molecule has 2 fully saturated rings. The maximum absolute atomic E-state index is 12.8. The maximum Gasteiger partial charge on any atom is 0.410 e. The molecule has 5 rings (SSSR count). The molecular weight excluding hydrogens is 468 g/mol. The lowest BCUT2D eigenvalue weighted by atomic mass is 10.0. The van der Waals surface area contributed by atoms with E-state index in [0.717, 1.165) is 12.8 Å². The van der Waals surface area contributed by atoms with E-state index < -0.39 is 5.60 Å². The second-order valence-electron chi connectivity index (χ2n) is 10.6. The van der Waals surface area contributed by atoms with Crippen LogP contribution < -0.4 is 15.8 Å². The Morgan fingerprint density at radius 3 is 2.57 bits per heavy atom. The van der Waals surface area contributed by atoms with Crippen molar-refractivity contribution in [2.75, 3.05) is 17.6 Å². The molecule has 2 heterocycles. The number of anilines is 2. The predicted octanol–water partition coefficient (Wildman–Crippen LogP) is 5.08. The number of likely N-dealkylation sites (tertiary alicyclic amines) is 1. The first-order chi connectivity index (χ1) is 17.7. The van der Waals surface area contributed by atoms with E-state index in [-0.39, 0.29) is 29.7 Å². The van der Waals surface area contributed by atoms with E-state index >= 15 is 0 Å². The largest absolute Gasteiger partial charge is 0.457 e. The monoisotopic (exact) mass is 500 g/mol. The predicted molar refractivity (Wildman–Crippen MR) is 142 cm³/mol. The Hall–Kier alpha value is -4.14. The number of benzene rings is 2. The molecule has 2 aromatic carbocycles. The Morgan fingerprint density at radius 2 is 1.84 bits per heavy atom. The summed E-state index contributed by atoms with van der Waals surface area (Å²) in [5.41, 5.74) is 6.95. The van der Waals surface area contributed by atoms with E-state index in [0.29, 0.717) is 40.9 Å². The molecule has 9 nitrogen and oxygen atoms in total. The number of nitrogens with zero attached hydrogens (tertiary/aromatic N) is 3. The summed E-state index contributed by atoms with van der Waals surface area (Å²) in [4.78, 5) is 23.2. The van der Waals surface area contributed by atoms with Crippen LogP contribution in [0.15, 0.2) is 60.9 Å². The number of amides is 1. The minimum absolute atomic E-state index is 0.0133. The first kappa shape index (κ1) is 24.5. The Morgan fingerprint density at radius 1 is 1.08 bits per heavy atom. The van der Waals surface area contributed by atoms with Gasteiger partial charge in [-0.05, 0) is 63.8 Å². The highest BCUT2D eigenvalue weighted by Gasteiger charge is 2.48. The van der Waals surface area contributed by atoms with Crippen molar-refractivity contribution in [1.82, 2.24) is 14.9 Å². The number of rotatable bonds is 6. The van der Waals surface area contributed by atoms with Gasteiger partial charge >= 0.3 is 6.09 Å². The molecule has 9 heteroatoms. The van der Waals surface area contributed by atoms with Crippen LogP contribution in [-0.4, -0.2) is 50.9 Å². The lowest BCUT2D eigenvalue weighted by Gasteiger charge is -2.35. The number of fused-ring (bicyclic) bond motifs is 2. The van der Waals surface area contributed by atoms with Crippen LogP contribution in [0.1, 0.15) is 44.7 Å². The van der Waals surface area contributed by atoms with Gasteiger partial charge in [-0.1, -0.05) is 30.3 Å². The molecule has 3 aromatic rings. The molecule has 1 saturated heterocycles. The second kappa shape index (κ2) is 9.72. The summed E-state index contributed by atoms with van der Waals surface area (Å²) in [6.07, 6.45) is 2.91. The highest BCUT2D eigenvalue weighted by molar-refractivity contribution is 6.16. The molecule has 1 aliphatic carbocycles. The summed E-state index contributed by atoms with van der Waals surface area (Å²) >= 11 is 0. The van der Waals surface area contributed by atoms with Crippen LogP contribution in [0.5, 0.6) is 11.5 Å². The fourth-order valence-electron chi connectivity index (χ4n) is 5.13. The van der Waals surface area contributed by atoms with Crippen LogP contribution in [0.2, 0.25) is 0 Å². The molecule has 1 aromatic heterocycles. The van der Waals surface area contributed by atoms with Gasteiger partial charge in [0, 0.05) is 18.2 Å². The van der Waals surface area contributed by atoms with E-state index in [4.69, 9.17) is 20.6 Å². The SMILES string of the molecule is CC(C)(C)OC(=O)N1CC2CC(Nc3ncnc(N)c3C(=N)c3cccc(Oc4ccccc4)c3)C1C2. The van der Waals surface area contributed by atoms with Crippen molar-refractivity contribution in [3.63, 3.8) is 0 Å². The van der Waals surface area contributed by atoms with Crippen LogP contribution >= 0.6 is 0 Å². The van der Waals surface area contributed by atoms with Gasteiger partial charge in [0.2, 0.25) is 0 Å². The fourth-order valence-corrected chi connectivity index (χ4v) is 5.13. The van der Waals surface area contributed by atoms with Crippen molar-refractivity contribution in [1.29, 1.82) is 5.41 Å². The number of ether oxygens (including phenoxy) is 2. The number of piperidine rings is 1. The van der Waals surface area contributed by atoms with E-state index in [9.17, 15) is 4.79 Å². The van der Waals surface area contributed by atoms with Crippen molar-refractivity contribution in [2.45, 2.75) is 51.3 Å². The van der Waals surface area contributed by atoms with E-state index in [1.54, 1.807) is 6.07 Å². The van der Waals surface area contributed by atoms with E-state index in [1.807, 2.05) is 74.2 Å². The quantitative estimate of drug-likeness (QED) is 0.403. The number of carbonyl (C=O) groups excluding carboxylic acids is 1. The molecule has 37 heavy (non-hydrogen) atoms. The zero-order valence-electron chi connectivity index (χ0n) is 21.3. The highest BCUT2D eigenvalue weighted by atomic mass is 16.6. The fraction of sp³-hybridized carbons (Fsp3) is 0.357. The smallest absolute Gasteiger partial charge is 0.410 e. The molecule has 1 amide bonds. The summed E-state index contributed by atoms with van der Waals surface area (Å²) in [5, 5.41) is 12.5. The Labute approximate surface area is 216 Å².